The zero-order valence-corrected chi connectivity index (χ0v) is 11.7. The van der Waals surface area contributed by atoms with Gasteiger partial charge in [0.05, 0.1) is 6.10 Å². The molecule has 0 aromatic carbocycles. The molecule has 0 radical (unpaired) electrons. The Hall–Kier alpha value is -1.57. The number of amides is 1. The second-order valence-corrected chi connectivity index (χ2v) is 5.16. The second-order valence-electron chi connectivity index (χ2n) is 5.16. The minimum Gasteiger partial charge on any atom is -0.368 e. The summed E-state index contributed by atoms with van der Waals surface area (Å²) in [7, 11) is 1.18. The zero-order chi connectivity index (χ0) is 15.5. The minimum atomic E-state index is -4.50. The monoisotopic (exact) mass is 305 g/mol. The minimum absolute atomic E-state index is 0.0685. The number of rotatable bonds is 4. The van der Waals surface area contributed by atoms with Gasteiger partial charge in [0.15, 0.2) is 5.82 Å². The Kier molecular flexibility index (Phi) is 4.87. The van der Waals surface area contributed by atoms with Crippen LogP contribution in [0.1, 0.15) is 37.8 Å². The van der Waals surface area contributed by atoms with E-state index in [1.165, 1.54) is 13.5 Å². The molecular formula is C13H18F3N3O2. The van der Waals surface area contributed by atoms with Crippen LogP contribution in [0, 0.1) is 0 Å². The maximum Gasteiger partial charge on any atom is 0.433 e. The van der Waals surface area contributed by atoms with Crippen LogP contribution in [0.15, 0.2) is 6.07 Å². The standard InChI is InChI=1S/C13H18F3N3O2/c1-19-10(13(14,15)16)7-11(18-19)17-12(20)8-21-9-5-3-2-4-6-9/h7,9H,2-6,8H2,1H3,(H,17,18,20). The van der Waals surface area contributed by atoms with E-state index in [1.807, 2.05) is 0 Å². The lowest BCUT2D eigenvalue weighted by Gasteiger charge is -2.21. The Morgan fingerprint density at radius 2 is 2.10 bits per heavy atom. The molecule has 1 saturated carbocycles. The van der Waals surface area contributed by atoms with Crippen molar-refractivity contribution in [3.8, 4) is 0 Å². The van der Waals surface area contributed by atoms with Crippen LogP contribution in [-0.2, 0) is 22.8 Å². The number of alkyl halides is 3. The molecule has 0 bridgehead atoms. The first-order valence-corrected chi connectivity index (χ1v) is 6.89. The first-order chi connectivity index (χ1) is 9.86. The van der Waals surface area contributed by atoms with Crippen LogP contribution in [0.3, 0.4) is 0 Å². The summed E-state index contributed by atoms with van der Waals surface area (Å²) in [5, 5.41) is 5.94. The Balaban J connectivity index is 1.85. The predicted molar refractivity (Wildman–Crippen MR) is 69.7 cm³/mol. The van der Waals surface area contributed by atoms with Gasteiger partial charge in [-0.3, -0.25) is 9.48 Å². The van der Waals surface area contributed by atoms with E-state index in [4.69, 9.17) is 4.74 Å². The fraction of sp³-hybridized carbons (Fsp3) is 0.692. The lowest BCUT2D eigenvalue weighted by Crippen LogP contribution is -2.24. The Morgan fingerprint density at radius 1 is 1.43 bits per heavy atom. The fourth-order valence-corrected chi connectivity index (χ4v) is 2.40. The van der Waals surface area contributed by atoms with Gasteiger partial charge in [-0.2, -0.15) is 18.3 Å². The summed E-state index contributed by atoms with van der Waals surface area (Å²) in [4.78, 5) is 11.7. The summed E-state index contributed by atoms with van der Waals surface area (Å²) in [6.45, 7) is -0.164. The fourth-order valence-electron chi connectivity index (χ4n) is 2.40. The van der Waals surface area contributed by atoms with Crippen LogP contribution in [0.4, 0.5) is 19.0 Å². The lowest BCUT2D eigenvalue weighted by molar-refractivity contribution is -0.143. The SMILES string of the molecule is Cn1nc(NC(=O)COC2CCCCC2)cc1C(F)(F)F. The van der Waals surface area contributed by atoms with Crippen molar-refractivity contribution >= 4 is 11.7 Å². The summed E-state index contributed by atoms with van der Waals surface area (Å²) in [6, 6.07) is 0.804. The molecular weight excluding hydrogens is 287 g/mol. The van der Waals surface area contributed by atoms with E-state index in [0.29, 0.717) is 4.68 Å². The highest BCUT2D eigenvalue weighted by Gasteiger charge is 2.35. The summed E-state index contributed by atoms with van der Waals surface area (Å²) >= 11 is 0. The van der Waals surface area contributed by atoms with E-state index >= 15 is 0 Å². The van der Waals surface area contributed by atoms with Gasteiger partial charge in [-0.15, -0.1) is 0 Å². The van der Waals surface area contributed by atoms with E-state index < -0.39 is 17.8 Å². The van der Waals surface area contributed by atoms with Crippen molar-refractivity contribution in [2.75, 3.05) is 11.9 Å². The number of hydrogen-bond acceptors (Lipinski definition) is 3. The van der Waals surface area contributed by atoms with Gasteiger partial charge in [0.2, 0.25) is 0 Å². The van der Waals surface area contributed by atoms with Crippen LogP contribution < -0.4 is 5.32 Å². The third-order valence-electron chi connectivity index (χ3n) is 3.44. The molecule has 1 aliphatic carbocycles. The van der Waals surface area contributed by atoms with Crippen molar-refractivity contribution in [3.05, 3.63) is 11.8 Å². The predicted octanol–water partition coefficient (Wildman–Crippen LogP) is 2.73. The summed E-state index contributed by atoms with van der Waals surface area (Å²) in [6.07, 6.45) is 0.774. The maximum absolute atomic E-state index is 12.6. The van der Waals surface area contributed by atoms with Gasteiger partial charge in [0.25, 0.3) is 5.91 Å². The number of aryl methyl sites for hydroxylation is 1. The molecule has 0 aliphatic heterocycles. The van der Waals surface area contributed by atoms with Crippen molar-refractivity contribution in [2.24, 2.45) is 7.05 Å². The van der Waals surface area contributed by atoms with E-state index in [1.54, 1.807) is 0 Å². The van der Waals surface area contributed by atoms with E-state index in [9.17, 15) is 18.0 Å². The first-order valence-electron chi connectivity index (χ1n) is 6.89. The zero-order valence-electron chi connectivity index (χ0n) is 11.7. The molecule has 21 heavy (non-hydrogen) atoms. The van der Waals surface area contributed by atoms with Gasteiger partial charge in [0.1, 0.15) is 12.3 Å². The number of nitrogens with zero attached hydrogens (tertiary/aromatic N) is 2. The van der Waals surface area contributed by atoms with Gasteiger partial charge < -0.3 is 10.1 Å². The van der Waals surface area contributed by atoms with E-state index in [-0.39, 0.29) is 18.5 Å². The molecule has 1 amide bonds. The first kappa shape index (κ1) is 15.8. The van der Waals surface area contributed by atoms with Crippen molar-refractivity contribution < 1.29 is 22.7 Å². The average Bonchev–Trinajstić information content (AvgIpc) is 2.78. The number of aromatic nitrogens is 2. The number of carbonyl (C=O) groups is 1. The number of anilines is 1. The van der Waals surface area contributed by atoms with E-state index in [0.717, 1.165) is 31.7 Å². The van der Waals surface area contributed by atoms with Crippen molar-refractivity contribution in [1.82, 2.24) is 9.78 Å². The Morgan fingerprint density at radius 3 is 2.67 bits per heavy atom. The Bertz CT molecular complexity index is 493. The van der Waals surface area contributed by atoms with Crippen LogP contribution in [0.25, 0.3) is 0 Å². The molecule has 0 unspecified atom stereocenters. The molecule has 1 aromatic heterocycles. The van der Waals surface area contributed by atoms with Crippen molar-refractivity contribution in [2.45, 2.75) is 44.4 Å². The van der Waals surface area contributed by atoms with Crippen molar-refractivity contribution in [3.63, 3.8) is 0 Å². The molecule has 0 saturated heterocycles. The largest absolute Gasteiger partial charge is 0.433 e. The molecule has 1 fully saturated rings. The molecule has 1 heterocycles. The lowest BCUT2D eigenvalue weighted by atomic mass is 9.98. The van der Waals surface area contributed by atoms with Gasteiger partial charge in [-0.05, 0) is 12.8 Å². The third-order valence-corrected chi connectivity index (χ3v) is 3.44. The second kappa shape index (κ2) is 6.46. The quantitative estimate of drug-likeness (QED) is 0.930. The van der Waals surface area contributed by atoms with Gasteiger partial charge in [-0.1, -0.05) is 19.3 Å². The summed E-state index contributed by atoms with van der Waals surface area (Å²) in [5.74, 6) is -0.616. The smallest absolute Gasteiger partial charge is 0.368 e. The molecule has 118 valence electrons. The van der Waals surface area contributed by atoms with Gasteiger partial charge in [-0.25, -0.2) is 0 Å². The number of halogens is 3. The molecule has 0 atom stereocenters. The van der Waals surface area contributed by atoms with Crippen LogP contribution in [0.5, 0.6) is 0 Å². The molecule has 5 nitrogen and oxygen atoms in total. The van der Waals surface area contributed by atoms with Crippen LogP contribution in [-0.4, -0.2) is 28.4 Å². The summed E-state index contributed by atoms with van der Waals surface area (Å²) < 4.78 is 43.9. The molecule has 1 N–H and O–H groups in total. The van der Waals surface area contributed by atoms with Gasteiger partial charge in [0, 0.05) is 13.1 Å². The summed E-state index contributed by atoms with van der Waals surface area (Å²) in [5.41, 5.74) is -0.911. The molecule has 8 heteroatoms. The van der Waals surface area contributed by atoms with Crippen LogP contribution in [0.2, 0.25) is 0 Å². The normalized spacial score (nSPS) is 17.0. The highest BCUT2D eigenvalue weighted by molar-refractivity contribution is 5.90. The third kappa shape index (κ3) is 4.45. The average molecular weight is 305 g/mol. The molecule has 1 aliphatic rings. The van der Waals surface area contributed by atoms with E-state index in [2.05, 4.69) is 10.4 Å². The molecule has 0 spiro atoms. The van der Waals surface area contributed by atoms with Crippen LogP contribution >= 0.6 is 0 Å². The number of hydrogen-bond donors (Lipinski definition) is 1. The highest BCUT2D eigenvalue weighted by Crippen LogP contribution is 2.30. The number of carbonyl (C=O) groups excluding carboxylic acids is 1. The Labute approximate surface area is 120 Å². The maximum atomic E-state index is 12.6. The number of nitrogens with one attached hydrogen (secondary N) is 1. The molecule has 2 rings (SSSR count). The topological polar surface area (TPSA) is 56.2 Å². The number of ether oxygens (including phenoxy) is 1. The van der Waals surface area contributed by atoms with Crippen molar-refractivity contribution in [1.29, 1.82) is 0 Å². The van der Waals surface area contributed by atoms with Gasteiger partial charge >= 0.3 is 6.18 Å². The highest BCUT2D eigenvalue weighted by atomic mass is 19.4. The molecule has 1 aromatic rings.